The number of nitrogens with zero attached hydrogens (tertiary/aromatic N) is 1. The van der Waals surface area contributed by atoms with Gasteiger partial charge in [0.05, 0.1) is 18.0 Å². The Kier molecular flexibility index (Phi) is 3.62. The Hall–Kier alpha value is -0.570. The standard InChI is InChI=1S/C12H22N2O/c15-10-12(7-3-4-8-12)14-11-6-2-1-5-9-13-11/h15H,1-10H2,(H,13,14). The van der Waals surface area contributed by atoms with Gasteiger partial charge < -0.3 is 10.4 Å². The fourth-order valence-electron chi connectivity index (χ4n) is 2.66. The van der Waals surface area contributed by atoms with Gasteiger partial charge in [-0.05, 0) is 25.7 Å². The largest absolute Gasteiger partial charge is 0.394 e. The van der Waals surface area contributed by atoms with Crippen molar-refractivity contribution in [3.8, 4) is 0 Å². The first kappa shape index (κ1) is 10.9. The smallest absolute Gasteiger partial charge is 0.0968 e. The van der Waals surface area contributed by atoms with Gasteiger partial charge in [-0.25, -0.2) is 0 Å². The average molecular weight is 210 g/mol. The summed E-state index contributed by atoms with van der Waals surface area (Å²) < 4.78 is 0. The van der Waals surface area contributed by atoms with Crippen molar-refractivity contribution in [2.24, 2.45) is 4.99 Å². The molecule has 1 heterocycles. The maximum absolute atomic E-state index is 9.50. The molecule has 1 saturated carbocycles. The highest BCUT2D eigenvalue weighted by Gasteiger charge is 2.33. The Bertz CT molecular complexity index is 232. The fraction of sp³-hybridized carbons (Fsp3) is 0.917. The summed E-state index contributed by atoms with van der Waals surface area (Å²) in [5, 5.41) is 13.0. The fourth-order valence-corrected chi connectivity index (χ4v) is 2.66. The van der Waals surface area contributed by atoms with Crippen LogP contribution in [0.5, 0.6) is 0 Å². The van der Waals surface area contributed by atoms with Crippen LogP contribution in [0.3, 0.4) is 0 Å². The van der Waals surface area contributed by atoms with Crippen LogP contribution in [0.1, 0.15) is 51.4 Å². The first-order valence-electron chi connectivity index (χ1n) is 6.27. The molecule has 0 amide bonds. The molecule has 0 aromatic carbocycles. The van der Waals surface area contributed by atoms with Gasteiger partial charge >= 0.3 is 0 Å². The topological polar surface area (TPSA) is 44.6 Å². The van der Waals surface area contributed by atoms with E-state index >= 15 is 0 Å². The monoisotopic (exact) mass is 210 g/mol. The van der Waals surface area contributed by atoms with Crippen molar-refractivity contribution in [1.29, 1.82) is 0 Å². The minimum absolute atomic E-state index is 0.0385. The third-order valence-corrected chi connectivity index (χ3v) is 3.65. The number of hydrogen-bond donors (Lipinski definition) is 2. The van der Waals surface area contributed by atoms with E-state index in [1.54, 1.807) is 0 Å². The lowest BCUT2D eigenvalue weighted by Gasteiger charge is -2.29. The van der Waals surface area contributed by atoms with Crippen LogP contribution in [-0.4, -0.2) is 29.6 Å². The van der Waals surface area contributed by atoms with Gasteiger partial charge in [-0.2, -0.15) is 0 Å². The molecule has 3 nitrogen and oxygen atoms in total. The van der Waals surface area contributed by atoms with E-state index < -0.39 is 0 Å². The van der Waals surface area contributed by atoms with Crippen molar-refractivity contribution < 1.29 is 5.11 Å². The molecular weight excluding hydrogens is 188 g/mol. The summed E-state index contributed by atoms with van der Waals surface area (Å²) >= 11 is 0. The minimum atomic E-state index is -0.0385. The van der Waals surface area contributed by atoms with Gasteiger partial charge in [0.15, 0.2) is 0 Å². The Morgan fingerprint density at radius 2 is 1.93 bits per heavy atom. The highest BCUT2D eigenvalue weighted by Crippen LogP contribution is 2.29. The molecule has 0 bridgehead atoms. The molecule has 1 aliphatic carbocycles. The van der Waals surface area contributed by atoms with Crippen molar-refractivity contribution in [3.63, 3.8) is 0 Å². The summed E-state index contributed by atoms with van der Waals surface area (Å²) in [5.41, 5.74) is -0.0385. The van der Waals surface area contributed by atoms with Crippen LogP contribution in [0.15, 0.2) is 4.99 Å². The normalized spacial score (nSPS) is 25.8. The van der Waals surface area contributed by atoms with Gasteiger partial charge in [-0.15, -0.1) is 0 Å². The molecular formula is C12H22N2O. The minimum Gasteiger partial charge on any atom is -0.394 e. The molecule has 1 aliphatic heterocycles. The number of hydrogen-bond acceptors (Lipinski definition) is 3. The van der Waals surface area contributed by atoms with Crippen molar-refractivity contribution in [1.82, 2.24) is 5.32 Å². The molecule has 0 unspecified atom stereocenters. The second-order valence-electron chi connectivity index (χ2n) is 4.91. The van der Waals surface area contributed by atoms with Crippen LogP contribution in [0.2, 0.25) is 0 Å². The van der Waals surface area contributed by atoms with Gasteiger partial charge in [0.25, 0.3) is 0 Å². The van der Waals surface area contributed by atoms with E-state index in [0.717, 1.165) is 31.6 Å². The lowest BCUT2D eigenvalue weighted by atomic mass is 9.98. The predicted molar refractivity (Wildman–Crippen MR) is 62.2 cm³/mol. The Balaban J connectivity index is 1.95. The number of rotatable bonds is 2. The van der Waals surface area contributed by atoms with Crippen molar-refractivity contribution in [2.45, 2.75) is 56.9 Å². The number of aliphatic hydroxyl groups excluding tert-OH is 1. The molecule has 15 heavy (non-hydrogen) atoms. The second kappa shape index (κ2) is 4.97. The molecule has 0 atom stereocenters. The first-order chi connectivity index (χ1) is 7.35. The highest BCUT2D eigenvalue weighted by atomic mass is 16.3. The second-order valence-corrected chi connectivity index (χ2v) is 4.91. The molecule has 0 aromatic rings. The molecule has 0 spiro atoms. The number of amidine groups is 1. The lowest BCUT2D eigenvalue weighted by Crippen LogP contribution is -2.49. The Labute approximate surface area is 92.0 Å². The van der Waals surface area contributed by atoms with Crippen LogP contribution in [-0.2, 0) is 0 Å². The van der Waals surface area contributed by atoms with Gasteiger partial charge in [-0.3, -0.25) is 4.99 Å². The Morgan fingerprint density at radius 3 is 2.67 bits per heavy atom. The molecule has 1 fully saturated rings. The zero-order valence-corrected chi connectivity index (χ0v) is 9.47. The van der Waals surface area contributed by atoms with E-state index in [1.165, 1.54) is 32.1 Å². The van der Waals surface area contributed by atoms with E-state index in [4.69, 9.17) is 0 Å². The van der Waals surface area contributed by atoms with E-state index in [-0.39, 0.29) is 12.1 Å². The van der Waals surface area contributed by atoms with Crippen molar-refractivity contribution in [3.05, 3.63) is 0 Å². The summed E-state index contributed by atoms with van der Waals surface area (Å²) in [6, 6.07) is 0. The maximum Gasteiger partial charge on any atom is 0.0968 e. The molecule has 2 aliphatic rings. The number of aliphatic hydroxyl groups is 1. The van der Waals surface area contributed by atoms with Gasteiger partial charge in [0.2, 0.25) is 0 Å². The zero-order chi connectivity index (χ0) is 10.6. The first-order valence-corrected chi connectivity index (χ1v) is 6.27. The highest BCUT2D eigenvalue weighted by molar-refractivity contribution is 5.83. The average Bonchev–Trinajstić information content (AvgIpc) is 2.57. The number of aliphatic imine (C=N–C) groups is 1. The predicted octanol–water partition coefficient (Wildman–Crippen LogP) is 1.85. The summed E-state index contributed by atoms with van der Waals surface area (Å²) in [4.78, 5) is 4.57. The van der Waals surface area contributed by atoms with E-state index in [0.29, 0.717) is 0 Å². The molecule has 0 saturated heterocycles. The third-order valence-electron chi connectivity index (χ3n) is 3.65. The van der Waals surface area contributed by atoms with Crippen LogP contribution in [0.25, 0.3) is 0 Å². The number of nitrogens with one attached hydrogen (secondary N) is 1. The van der Waals surface area contributed by atoms with Gasteiger partial charge in [-0.1, -0.05) is 19.3 Å². The van der Waals surface area contributed by atoms with Gasteiger partial charge in [0.1, 0.15) is 0 Å². The summed E-state index contributed by atoms with van der Waals surface area (Å²) in [6.45, 7) is 1.22. The van der Waals surface area contributed by atoms with Crippen LogP contribution >= 0.6 is 0 Å². The van der Waals surface area contributed by atoms with E-state index in [2.05, 4.69) is 10.3 Å². The van der Waals surface area contributed by atoms with Crippen LogP contribution in [0, 0.1) is 0 Å². The van der Waals surface area contributed by atoms with Crippen molar-refractivity contribution >= 4 is 5.84 Å². The Morgan fingerprint density at radius 1 is 1.13 bits per heavy atom. The molecule has 2 rings (SSSR count). The summed E-state index contributed by atoms with van der Waals surface area (Å²) in [5.74, 6) is 1.14. The van der Waals surface area contributed by atoms with E-state index in [1.807, 2.05) is 0 Å². The van der Waals surface area contributed by atoms with E-state index in [9.17, 15) is 5.11 Å². The lowest BCUT2D eigenvalue weighted by molar-refractivity contribution is 0.182. The summed E-state index contributed by atoms with van der Waals surface area (Å²) in [7, 11) is 0. The quantitative estimate of drug-likeness (QED) is 0.730. The molecule has 2 N–H and O–H groups in total. The maximum atomic E-state index is 9.50. The van der Waals surface area contributed by atoms with Crippen LogP contribution in [0.4, 0.5) is 0 Å². The molecule has 3 heteroatoms. The zero-order valence-electron chi connectivity index (χ0n) is 9.47. The molecule has 86 valence electrons. The summed E-state index contributed by atoms with van der Waals surface area (Å²) in [6.07, 6.45) is 9.50. The third kappa shape index (κ3) is 2.71. The molecule has 0 aromatic heterocycles. The van der Waals surface area contributed by atoms with Crippen molar-refractivity contribution in [2.75, 3.05) is 13.2 Å². The molecule has 0 radical (unpaired) electrons. The SMILES string of the molecule is OCC1(NC2=NCCCCC2)CCCC1. The van der Waals surface area contributed by atoms with Crippen LogP contribution < -0.4 is 5.32 Å². The van der Waals surface area contributed by atoms with Gasteiger partial charge in [0, 0.05) is 13.0 Å².